The third kappa shape index (κ3) is 5.96. The van der Waals surface area contributed by atoms with Crippen LogP contribution in [-0.2, 0) is 13.1 Å². The molecule has 0 saturated carbocycles. The van der Waals surface area contributed by atoms with Gasteiger partial charge in [0.2, 0.25) is 0 Å². The number of carbonyl (C=O) groups is 2. The second-order valence-corrected chi connectivity index (χ2v) is 9.29. The van der Waals surface area contributed by atoms with Crippen molar-refractivity contribution in [2.45, 2.75) is 39.0 Å². The van der Waals surface area contributed by atoms with Gasteiger partial charge in [0.1, 0.15) is 0 Å². The molecule has 1 aliphatic rings. The Hall–Kier alpha value is -3.48. The normalized spacial score (nSPS) is 18.3. The van der Waals surface area contributed by atoms with Crippen molar-refractivity contribution >= 4 is 17.5 Å². The maximum atomic E-state index is 13.8. The fraction of sp³-hybridized carbons (Fsp3) is 0.310. The van der Waals surface area contributed by atoms with Gasteiger partial charge in [-0.25, -0.2) is 4.79 Å². The lowest BCUT2D eigenvalue weighted by molar-refractivity contribution is 0.0508. The Morgan fingerprint density at radius 2 is 1.40 bits per heavy atom. The maximum absolute atomic E-state index is 13.8. The first-order chi connectivity index (χ1) is 17.0. The topological polar surface area (TPSA) is 69.9 Å². The Morgan fingerprint density at radius 1 is 0.829 bits per heavy atom. The predicted octanol–water partition coefficient (Wildman–Crippen LogP) is 4.55. The molecule has 2 atom stereocenters. The lowest BCUT2D eigenvalue weighted by Gasteiger charge is -2.45. The number of urea groups is 1. The first-order valence-electron chi connectivity index (χ1n) is 12.2. The number of hydrogen-bond acceptors (Lipinski definition) is 4. The minimum atomic E-state index is -0.0936. The van der Waals surface area contributed by atoms with Crippen LogP contribution >= 0.6 is 0 Å². The molecule has 3 aromatic carbocycles. The number of ketones is 1. The van der Waals surface area contributed by atoms with Gasteiger partial charge in [-0.05, 0) is 37.1 Å². The summed E-state index contributed by atoms with van der Waals surface area (Å²) in [5.41, 5.74) is 9.17. The molecule has 0 bridgehead atoms. The number of para-hydroxylation sites is 1. The molecule has 0 unspecified atom stereocenters. The average molecular weight is 471 g/mol. The van der Waals surface area contributed by atoms with Crippen LogP contribution in [0.2, 0.25) is 0 Å². The average Bonchev–Trinajstić information content (AvgIpc) is 2.90. The van der Waals surface area contributed by atoms with Crippen LogP contribution in [0, 0.1) is 0 Å². The molecule has 6 nitrogen and oxygen atoms in total. The molecule has 4 rings (SSSR count). The van der Waals surface area contributed by atoms with Gasteiger partial charge in [0.05, 0.1) is 13.1 Å². The molecule has 0 aromatic heterocycles. The highest BCUT2D eigenvalue weighted by atomic mass is 16.2. The quantitative estimate of drug-likeness (QED) is 0.515. The van der Waals surface area contributed by atoms with Crippen molar-refractivity contribution in [2.24, 2.45) is 5.73 Å². The van der Waals surface area contributed by atoms with Crippen LogP contribution in [0.5, 0.6) is 0 Å². The largest absolute Gasteiger partial charge is 0.324 e. The van der Waals surface area contributed by atoms with Crippen molar-refractivity contribution in [1.82, 2.24) is 9.80 Å². The molecule has 1 aliphatic heterocycles. The number of piperazine rings is 1. The number of hydrogen-bond donors (Lipinski definition) is 1. The lowest BCUT2D eigenvalue weighted by atomic mass is 10.1. The van der Waals surface area contributed by atoms with E-state index < -0.39 is 0 Å². The molecular formula is C29H34N4O2. The van der Waals surface area contributed by atoms with E-state index in [4.69, 9.17) is 5.73 Å². The summed E-state index contributed by atoms with van der Waals surface area (Å²) in [7, 11) is 0. The summed E-state index contributed by atoms with van der Waals surface area (Å²) in [6, 6.07) is 28.1. The third-order valence-electron chi connectivity index (χ3n) is 6.68. The Labute approximate surface area is 207 Å². The highest BCUT2D eigenvalue weighted by molar-refractivity contribution is 5.97. The third-order valence-corrected chi connectivity index (χ3v) is 6.68. The van der Waals surface area contributed by atoms with E-state index in [2.05, 4.69) is 43.0 Å². The van der Waals surface area contributed by atoms with Crippen molar-refractivity contribution in [2.75, 3.05) is 24.5 Å². The number of anilines is 1. The first kappa shape index (κ1) is 24.6. The summed E-state index contributed by atoms with van der Waals surface area (Å²) in [5, 5.41) is 0. The van der Waals surface area contributed by atoms with Crippen LogP contribution in [0.15, 0.2) is 84.9 Å². The molecule has 0 spiro atoms. The number of nitrogens with two attached hydrogens (primary N) is 1. The molecule has 1 saturated heterocycles. The highest BCUT2D eigenvalue weighted by Crippen LogP contribution is 2.24. The number of nitrogens with zero attached hydrogens (tertiary/aromatic N) is 3. The zero-order valence-electron chi connectivity index (χ0n) is 20.5. The van der Waals surface area contributed by atoms with E-state index in [1.165, 1.54) is 5.56 Å². The smallest absolute Gasteiger partial charge is 0.324 e. The standard InChI is InChI=1S/C29H34N4O2/c1-22-18-31(19-23(2)32(22)20-24-9-5-3-6-10-24)29(35)33(27-11-7-4-8-12-27)21-25-13-15-26(16-14-25)28(34)17-30/h3-16,22-23H,17-21,30H2,1-2H3/t22-,23+. The van der Waals surface area contributed by atoms with Gasteiger partial charge in [0.15, 0.2) is 5.78 Å². The summed E-state index contributed by atoms with van der Waals surface area (Å²) >= 11 is 0. The van der Waals surface area contributed by atoms with Crippen molar-refractivity contribution < 1.29 is 9.59 Å². The molecule has 182 valence electrons. The van der Waals surface area contributed by atoms with Crippen molar-refractivity contribution in [3.05, 3.63) is 102 Å². The van der Waals surface area contributed by atoms with Gasteiger partial charge in [-0.1, -0.05) is 72.8 Å². The minimum Gasteiger partial charge on any atom is -0.324 e. The van der Waals surface area contributed by atoms with Crippen molar-refractivity contribution in [1.29, 1.82) is 0 Å². The Morgan fingerprint density at radius 3 is 1.97 bits per heavy atom. The molecule has 2 N–H and O–H groups in total. The predicted molar refractivity (Wildman–Crippen MR) is 140 cm³/mol. The van der Waals surface area contributed by atoms with Crippen molar-refractivity contribution in [3.63, 3.8) is 0 Å². The molecule has 0 radical (unpaired) electrons. The second-order valence-electron chi connectivity index (χ2n) is 9.29. The fourth-order valence-corrected chi connectivity index (χ4v) is 4.76. The molecule has 1 fully saturated rings. The maximum Gasteiger partial charge on any atom is 0.324 e. The Kier molecular flexibility index (Phi) is 7.95. The fourth-order valence-electron chi connectivity index (χ4n) is 4.76. The lowest BCUT2D eigenvalue weighted by Crippen LogP contribution is -2.59. The summed E-state index contributed by atoms with van der Waals surface area (Å²) in [5.74, 6) is -0.0936. The van der Waals surface area contributed by atoms with E-state index in [0.717, 1.165) is 17.8 Å². The highest BCUT2D eigenvalue weighted by Gasteiger charge is 2.34. The molecule has 2 amide bonds. The Balaban J connectivity index is 1.51. The summed E-state index contributed by atoms with van der Waals surface area (Å²) < 4.78 is 0. The monoisotopic (exact) mass is 470 g/mol. The van der Waals surface area contributed by atoms with Gasteiger partial charge in [-0.3, -0.25) is 14.6 Å². The number of amides is 2. The molecule has 6 heteroatoms. The van der Waals surface area contributed by atoms with E-state index in [1.807, 2.05) is 58.3 Å². The van der Waals surface area contributed by atoms with Crippen LogP contribution < -0.4 is 10.6 Å². The molecule has 35 heavy (non-hydrogen) atoms. The number of Topliss-reactive ketones (excluding diaryl/α,β-unsaturated/α-hetero) is 1. The summed E-state index contributed by atoms with van der Waals surface area (Å²) in [6.45, 7) is 7.01. The number of benzene rings is 3. The van der Waals surface area contributed by atoms with Crippen LogP contribution in [0.4, 0.5) is 10.5 Å². The van der Waals surface area contributed by atoms with Gasteiger partial charge in [0.25, 0.3) is 0 Å². The minimum absolute atomic E-state index is 0.00336. The van der Waals surface area contributed by atoms with Crippen LogP contribution in [0.3, 0.4) is 0 Å². The van der Waals surface area contributed by atoms with E-state index in [0.29, 0.717) is 25.2 Å². The molecule has 3 aromatic rings. The van der Waals surface area contributed by atoms with E-state index >= 15 is 0 Å². The summed E-state index contributed by atoms with van der Waals surface area (Å²) in [4.78, 5) is 32.0. The zero-order chi connectivity index (χ0) is 24.8. The SMILES string of the molecule is C[C@@H]1CN(C(=O)N(Cc2ccc(C(=O)CN)cc2)c2ccccc2)C[C@H](C)N1Cc1ccccc1. The summed E-state index contributed by atoms with van der Waals surface area (Å²) in [6.07, 6.45) is 0. The van der Waals surface area contributed by atoms with E-state index in [9.17, 15) is 9.59 Å². The van der Waals surface area contributed by atoms with Gasteiger partial charge in [-0.15, -0.1) is 0 Å². The zero-order valence-corrected chi connectivity index (χ0v) is 20.5. The van der Waals surface area contributed by atoms with Crippen molar-refractivity contribution in [3.8, 4) is 0 Å². The van der Waals surface area contributed by atoms with E-state index in [-0.39, 0.29) is 30.4 Å². The molecule has 1 heterocycles. The number of rotatable bonds is 7. The Bertz CT molecular complexity index is 1110. The van der Waals surface area contributed by atoms with Gasteiger partial charge >= 0.3 is 6.03 Å². The van der Waals surface area contributed by atoms with Gasteiger partial charge < -0.3 is 10.6 Å². The van der Waals surface area contributed by atoms with E-state index in [1.54, 1.807) is 12.1 Å². The van der Waals surface area contributed by atoms with Crippen LogP contribution in [0.1, 0.15) is 35.3 Å². The first-order valence-corrected chi connectivity index (χ1v) is 12.2. The van der Waals surface area contributed by atoms with Gasteiger partial charge in [-0.2, -0.15) is 0 Å². The van der Waals surface area contributed by atoms with Gasteiger partial charge in [0, 0.05) is 43.0 Å². The molecule has 0 aliphatic carbocycles. The van der Waals surface area contributed by atoms with Crippen LogP contribution in [-0.4, -0.2) is 53.3 Å². The second kappa shape index (κ2) is 11.3. The number of carbonyl (C=O) groups excluding carboxylic acids is 2. The molecular weight excluding hydrogens is 436 g/mol. The van der Waals surface area contributed by atoms with Crippen LogP contribution in [0.25, 0.3) is 0 Å².